The number of nitriles is 1. The number of ether oxygens (including phenoxy) is 5. The van der Waals surface area contributed by atoms with Crippen LogP contribution in [0.25, 0.3) is 0 Å². The Bertz CT molecular complexity index is 1010. The van der Waals surface area contributed by atoms with Crippen LogP contribution in [-0.4, -0.2) is 60.1 Å². The van der Waals surface area contributed by atoms with Crippen LogP contribution in [0, 0.1) is 11.3 Å². The first-order chi connectivity index (χ1) is 16.3. The second-order valence-corrected chi connectivity index (χ2v) is 8.43. The maximum atomic E-state index is 12.6. The number of carbonyl (C=O) groups is 2. The lowest BCUT2D eigenvalue weighted by atomic mass is 9.82. The van der Waals surface area contributed by atoms with E-state index in [1.807, 2.05) is 0 Å². The molecule has 0 spiro atoms. The number of aliphatic hydroxyl groups is 1. The molecular formula is C23H19Cl2NO8. The van der Waals surface area contributed by atoms with Gasteiger partial charge in [-0.2, -0.15) is 5.26 Å². The first kappa shape index (κ1) is 24.4. The van der Waals surface area contributed by atoms with Crippen LogP contribution in [0.15, 0.2) is 48.5 Å². The molecule has 4 aliphatic rings. The third kappa shape index (κ3) is 4.88. The molecule has 3 saturated heterocycles. The highest BCUT2D eigenvalue weighted by Crippen LogP contribution is 2.42. The number of hydrogen-bond acceptors (Lipinski definition) is 9. The van der Waals surface area contributed by atoms with Crippen LogP contribution in [0.4, 0.5) is 0 Å². The summed E-state index contributed by atoms with van der Waals surface area (Å²) in [7, 11) is 0. The van der Waals surface area contributed by atoms with Gasteiger partial charge in [0.05, 0.1) is 17.2 Å². The van der Waals surface area contributed by atoms with Gasteiger partial charge >= 0.3 is 11.9 Å². The number of halogens is 2. The Morgan fingerprint density at radius 2 is 1.18 bits per heavy atom. The number of nitrogens with zero attached hydrogens (tertiary/aromatic N) is 1. The normalized spacial score (nSPS) is 30.5. The van der Waals surface area contributed by atoms with E-state index in [4.69, 9.17) is 52.1 Å². The molecule has 11 heteroatoms. The minimum Gasteiger partial charge on any atom is -0.453 e. The van der Waals surface area contributed by atoms with Crippen LogP contribution < -0.4 is 0 Å². The van der Waals surface area contributed by atoms with Gasteiger partial charge in [-0.1, -0.05) is 23.2 Å². The summed E-state index contributed by atoms with van der Waals surface area (Å²) in [5, 5.41) is 18.9. The summed E-state index contributed by atoms with van der Waals surface area (Å²) in [6.45, 7) is 0.388. The fourth-order valence-corrected chi connectivity index (χ4v) is 4.16. The van der Waals surface area contributed by atoms with Crippen LogP contribution in [0.2, 0.25) is 10.0 Å². The van der Waals surface area contributed by atoms with Crippen LogP contribution in [0.3, 0.4) is 0 Å². The number of carbonyl (C=O) groups excluding carboxylic acids is 2. The van der Waals surface area contributed by atoms with Crippen LogP contribution >= 0.6 is 23.2 Å². The third-order valence-corrected chi connectivity index (χ3v) is 5.92. The number of hydrogen-bond donors (Lipinski definition) is 1. The minimum atomic E-state index is -1.19. The van der Waals surface area contributed by atoms with Crippen molar-refractivity contribution >= 4 is 35.1 Å². The minimum absolute atomic E-state index is 0.263. The maximum absolute atomic E-state index is 12.6. The molecule has 0 radical (unpaired) electrons. The molecule has 3 heterocycles. The molecule has 1 aliphatic carbocycles. The summed E-state index contributed by atoms with van der Waals surface area (Å²) in [4.78, 5) is 25.3. The number of rotatable bonds is 4. The van der Waals surface area contributed by atoms with Gasteiger partial charge in [0.15, 0.2) is 12.2 Å². The SMILES string of the molecule is CC#N.O=C(O[C@H]1C2OC3O[C@@H]1C(O)[C@H](O3)[C@H]2OC(=O)c1ccc(Cl)cc1)c1ccc(Cl)cc1. The largest absolute Gasteiger partial charge is 0.453 e. The van der Waals surface area contributed by atoms with Gasteiger partial charge in [-0.15, -0.1) is 0 Å². The van der Waals surface area contributed by atoms with E-state index >= 15 is 0 Å². The molecule has 2 aromatic rings. The second-order valence-electron chi connectivity index (χ2n) is 7.56. The molecule has 1 saturated carbocycles. The molecule has 0 amide bonds. The summed E-state index contributed by atoms with van der Waals surface area (Å²) in [6.07, 6.45) is -5.87. The summed E-state index contributed by atoms with van der Waals surface area (Å²) in [5.74, 6) is -1.31. The molecule has 4 fully saturated rings. The topological polar surface area (TPSA) is 124 Å². The number of benzene rings is 2. The van der Waals surface area contributed by atoms with Crippen molar-refractivity contribution in [2.75, 3.05) is 0 Å². The fourth-order valence-electron chi connectivity index (χ4n) is 3.91. The zero-order valence-electron chi connectivity index (χ0n) is 17.7. The average Bonchev–Trinajstić information content (AvgIpc) is 2.82. The molecule has 178 valence electrons. The second kappa shape index (κ2) is 10.3. The summed E-state index contributed by atoms with van der Waals surface area (Å²) < 4.78 is 27.9. The molecular weight excluding hydrogens is 489 g/mol. The van der Waals surface area contributed by atoms with Crippen LogP contribution in [0.5, 0.6) is 0 Å². The Hall–Kier alpha value is -2.71. The van der Waals surface area contributed by atoms with E-state index in [9.17, 15) is 14.7 Å². The Balaban J connectivity index is 0.000000868. The first-order valence-corrected chi connectivity index (χ1v) is 11.0. The molecule has 6 rings (SSSR count). The van der Waals surface area contributed by atoms with E-state index in [0.29, 0.717) is 10.0 Å². The Labute approximate surface area is 204 Å². The molecule has 3 unspecified atom stereocenters. The summed E-state index contributed by atoms with van der Waals surface area (Å²) >= 11 is 11.7. The van der Waals surface area contributed by atoms with Gasteiger partial charge in [-0.3, -0.25) is 0 Å². The number of esters is 2. The average molecular weight is 508 g/mol. The molecule has 0 aromatic heterocycles. The zero-order valence-corrected chi connectivity index (χ0v) is 19.2. The van der Waals surface area contributed by atoms with Crippen LogP contribution in [0.1, 0.15) is 27.6 Å². The van der Waals surface area contributed by atoms with Crippen molar-refractivity contribution in [3.63, 3.8) is 0 Å². The monoisotopic (exact) mass is 507 g/mol. The third-order valence-electron chi connectivity index (χ3n) is 5.42. The molecule has 3 aliphatic heterocycles. The predicted molar refractivity (Wildman–Crippen MR) is 117 cm³/mol. The smallest absolute Gasteiger partial charge is 0.338 e. The van der Waals surface area contributed by atoms with Gasteiger partial charge in [0, 0.05) is 17.0 Å². The maximum Gasteiger partial charge on any atom is 0.338 e. The van der Waals surface area contributed by atoms with E-state index in [1.165, 1.54) is 31.2 Å². The zero-order chi connectivity index (χ0) is 24.4. The van der Waals surface area contributed by atoms with Crippen molar-refractivity contribution in [2.24, 2.45) is 0 Å². The van der Waals surface area contributed by atoms with Crippen molar-refractivity contribution < 1.29 is 38.4 Å². The van der Waals surface area contributed by atoms with Crippen molar-refractivity contribution in [2.45, 2.75) is 50.0 Å². The van der Waals surface area contributed by atoms with Gasteiger partial charge in [-0.25, -0.2) is 9.59 Å². The summed E-state index contributed by atoms with van der Waals surface area (Å²) in [6, 6.07) is 14.0. The van der Waals surface area contributed by atoms with Crippen molar-refractivity contribution in [3.05, 3.63) is 69.7 Å². The van der Waals surface area contributed by atoms with Crippen molar-refractivity contribution in [1.82, 2.24) is 0 Å². The molecule has 2 aromatic carbocycles. The van der Waals surface area contributed by atoms with E-state index < -0.39 is 55.0 Å². The molecule has 7 atom stereocenters. The van der Waals surface area contributed by atoms with Crippen molar-refractivity contribution in [1.29, 1.82) is 5.26 Å². The van der Waals surface area contributed by atoms with Crippen LogP contribution in [-0.2, 0) is 23.7 Å². The highest BCUT2D eigenvalue weighted by molar-refractivity contribution is 6.31. The first-order valence-electron chi connectivity index (χ1n) is 10.2. The molecule has 9 nitrogen and oxygen atoms in total. The fraction of sp³-hybridized carbons (Fsp3) is 0.348. The molecule has 1 N–H and O–H groups in total. The van der Waals surface area contributed by atoms with Gasteiger partial charge in [0.1, 0.15) is 24.4 Å². The Morgan fingerprint density at radius 3 is 1.56 bits per heavy atom. The van der Waals surface area contributed by atoms with E-state index in [0.717, 1.165) is 0 Å². The van der Waals surface area contributed by atoms with Crippen molar-refractivity contribution in [3.8, 4) is 6.07 Å². The highest BCUT2D eigenvalue weighted by Gasteiger charge is 2.64. The Morgan fingerprint density at radius 1 is 0.824 bits per heavy atom. The van der Waals surface area contributed by atoms with Gasteiger partial charge in [0.2, 0.25) is 0 Å². The van der Waals surface area contributed by atoms with E-state index in [2.05, 4.69) is 0 Å². The van der Waals surface area contributed by atoms with Gasteiger partial charge in [0.25, 0.3) is 6.48 Å². The molecule has 34 heavy (non-hydrogen) atoms. The van der Waals surface area contributed by atoms with Gasteiger partial charge in [-0.05, 0) is 48.5 Å². The van der Waals surface area contributed by atoms with E-state index in [1.54, 1.807) is 30.3 Å². The Kier molecular flexibility index (Phi) is 7.38. The highest BCUT2D eigenvalue weighted by atomic mass is 35.5. The van der Waals surface area contributed by atoms with E-state index in [-0.39, 0.29) is 11.1 Å². The quantitative estimate of drug-likeness (QED) is 0.621. The predicted octanol–water partition coefficient (Wildman–Crippen LogP) is 3.12. The lowest BCUT2D eigenvalue weighted by Crippen LogP contribution is -2.76. The lowest BCUT2D eigenvalue weighted by Gasteiger charge is -2.56. The molecule has 4 bridgehead atoms. The van der Waals surface area contributed by atoms with Gasteiger partial charge < -0.3 is 28.8 Å². The lowest BCUT2D eigenvalue weighted by molar-refractivity contribution is -0.479. The summed E-state index contributed by atoms with van der Waals surface area (Å²) in [5.41, 5.74) is 0.525. The number of aliphatic hydroxyl groups excluding tert-OH is 1. The standard InChI is InChI=1S/C21H16Cl2O8.C2H3N/c22-11-5-1-9(2-6-11)19(25)27-16-14-13(24)15-17(18(16)31-21(29-14)30-15)28-20(26)10-3-7-12(23)8-4-10;1-2-3/h1-8,13-18,21,24H;1H3/t13?,14-,15+,16-,17-,18?,21?;/m1./s1.